The van der Waals surface area contributed by atoms with Gasteiger partial charge in [0.25, 0.3) is 0 Å². The van der Waals surface area contributed by atoms with E-state index in [1.807, 2.05) is 0 Å². The molecule has 8 aliphatic carbocycles. The van der Waals surface area contributed by atoms with Crippen molar-refractivity contribution in [2.45, 2.75) is 304 Å². The van der Waals surface area contributed by atoms with Gasteiger partial charge in [0.15, 0.2) is 0 Å². The first kappa shape index (κ1) is 61.6. The summed E-state index contributed by atoms with van der Waals surface area (Å²) in [6, 6.07) is 0. The van der Waals surface area contributed by atoms with Crippen LogP contribution in [0.3, 0.4) is 0 Å². The number of nitrogens with one attached hydrogen (secondary N) is 16. The van der Waals surface area contributed by atoms with Crippen LogP contribution in [0.5, 0.6) is 0 Å². The van der Waals surface area contributed by atoms with E-state index in [0.717, 1.165) is 94.7 Å². The number of fused-ring (bicyclic) bond motifs is 40. The van der Waals surface area contributed by atoms with Crippen molar-refractivity contribution in [3.63, 3.8) is 0 Å². The zero-order valence-corrected chi connectivity index (χ0v) is 63.3. The minimum atomic E-state index is 0.420. The molecule has 0 amide bonds. The first-order valence-electron chi connectivity index (χ1n) is 36.5. The molecule has 20 heteroatoms. The van der Waals surface area contributed by atoms with E-state index < -0.39 is 0 Å². The fourth-order valence-corrected chi connectivity index (χ4v) is 23.9. The molecule has 16 N–H and O–H groups in total. The van der Waals surface area contributed by atoms with Crippen LogP contribution in [0.1, 0.15) is 205 Å². The van der Waals surface area contributed by atoms with Crippen molar-refractivity contribution in [2.24, 2.45) is 94.7 Å². The Labute approximate surface area is 538 Å². The first-order valence-corrected chi connectivity index (χ1v) is 49.3. The summed E-state index contributed by atoms with van der Waals surface area (Å²) in [5, 5.41) is 67.6. The third-order valence-corrected chi connectivity index (χ3v) is 27.6. The van der Waals surface area contributed by atoms with Crippen LogP contribution in [0.4, 0.5) is 0 Å². The molecule has 18 fully saturated rings. The van der Waals surface area contributed by atoms with Gasteiger partial charge in [-0.1, -0.05) is 103 Å². The van der Waals surface area contributed by atoms with Gasteiger partial charge in [0.1, 0.15) is 0 Å². The van der Waals surface area contributed by atoms with Crippen molar-refractivity contribution in [3.8, 4) is 0 Å². The third-order valence-electron chi connectivity index (χ3n) is 27.6. The molecular weight excluding hydrogens is 1250 g/mol. The normalized spacial score (nSPS) is 55.0. The molecule has 18 aliphatic rings. The zero-order chi connectivity index (χ0) is 56.4. The van der Waals surface area contributed by atoms with Crippen molar-refractivity contribution in [1.29, 1.82) is 0 Å². The SMILES string of the molecule is C1CCC2C3NC(NC4NC(NC5NC(NC6NC(N3)C3CCCCC63)C3CCCCC53)C3CCCCC43)C2C1.C1CCC2C3NC(NC4NC(NC5NC(NC6NC(N3)C3CCCCC63)C3CCCCC53)C3CCCCC43)C2C1.[Cl][GaH2].[Cl][InH2]. The molecule has 0 aromatic heterocycles. The van der Waals surface area contributed by atoms with Crippen LogP contribution < -0.4 is 85.1 Å². The van der Waals surface area contributed by atoms with Gasteiger partial charge in [-0.2, -0.15) is 0 Å². The number of rotatable bonds is 0. The van der Waals surface area contributed by atoms with Crippen LogP contribution in [-0.2, 0) is 0 Å². The standard InChI is InChI=1S/2C32H56N8.2ClH.Ga.In.4H/c2*1-2-10-18-17(9-1)25-33-26(18)38-28-21-13-5-6-14-22(21)30(35-28)40-32-24-16-8-7-15-23(24)31(36-32)39-29-20-12-4-3-11-19(20)27(34-29)37-25;;;;;;;;/h2*17-40H,1-16H2;2*1H;;;;;;/q;;;;2*+1;;;;/p-2. The predicted octanol–water partition coefficient (Wildman–Crippen LogP) is 4.76. The van der Waals surface area contributed by atoms with Gasteiger partial charge in [-0.25, -0.2) is 0 Å². The maximum atomic E-state index is 4.85. The van der Waals surface area contributed by atoms with E-state index in [1.165, 1.54) is 205 Å². The van der Waals surface area contributed by atoms with Crippen LogP contribution in [0, 0.1) is 94.7 Å². The summed E-state index contributed by atoms with van der Waals surface area (Å²) in [5.41, 5.74) is 0. The second-order valence-corrected chi connectivity index (χ2v) is 31.2. The molecule has 0 radical (unpaired) electrons. The van der Waals surface area contributed by atoms with Gasteiger partial charge in [-0.05, 0) is 197 Å². The Hall–Kier alpha value is 1.45. The molecule has 10 aliphatic heterocycles. The predicted molar refractivity (Wildman–Crippen MR) is 343 cm³/mol. The Morgan fingerprint density at radius 2 is 0.214 bits per heavy atom. The molecule has 84 heavy (non-hydrogen) atoms. The van der Waals surface area contributed by atoms with Crippen molar-refractivity contribution < 1.29 is 0 Å². The summed E-state index contributed by atoms with van der Waals surface area (Å²) in [7, 11) is 9.68. The van der Waals surface area contributed by atoms with Gasteiger partial charge in [0.05, 0.1) is 98.7 Å². The van der Waals surface area contributed by atoms with Crippen LogP contribution >= 0.6 is 18.2 Å². The molecule has 0 aromatic rings. The second kappa shape index (κ2) is 27.8. The van der Waals surface area contributed by atoms with Gasteiger partial charge in [-0.3, -0.25) is 85.1 Å². The van der Waals surface area contributed by atoms with Crippen molar-refractivity contribution in [3.05, 3.63) is 0 Å². The number of halogens is 2. The van der Waals surface area contributed by atoms with E-state index in [0.29, 0.717) is 139 Å². The van der Waals surface area contributed by atoms with E-state index in [-0.39, 0.29) is 0 Å². The average Bonchev–Trinajstić information content (AvgIpc) is 3.52. The van der Waals surface area contributed by atoms with E-state index in [2.05, 4.69) is 85.1 Å². The Bertz CT molecular complexity index is 1590. The Morgan fingerprint density at radius 1 is 0.155 bits per heavy atom. The van der Waals surface area contributed by atoms with E-state index in [4.69, 9.17) is 18.2 Å². The van der Waals surface area contributed by atoms with Crippen molar-refractivity contribution in [1.82, 2.24) is 85.1 Å². The van der Waals surface area contributed by atoms with Crippen molar-refractivity contribution >= 4 is 59.0 Å². The molecule has 16 nitrogen and oxygen atoms in total. The van der Waals surface area contributed by atoms with Crippen LogP contribution in [-0.4, -0.2) is 139 Å². The Kier molecular flexibility index (Phi) is 20.4. The molecule has 0 spiro atoms. The van der Waals surface area contributed by atoms with E-state index in [1.54, 1.807) is 0 Å². The molecule has 16 bridgehead atoms. The maximum absolute atomic E-state index is 4.85. The van der Waals surface area contributed by atoms with E-state index >= 15 is 0 Å². The number of hydrogen-bond donors (Lipinski definition) is 16. The Morgan fingerprint density at radius 3 is 0.274 bits per heavy atom. The quantitative estimate of drug-likeness (QED) is 0.149. The summed E-state index contributed by atoms with van der Waals surface area (Å²) < 4.78 is 0. The molecule has 8 saturated carbocycles. The summed E-state index contributed by atoms with van der Waals surface area (Å²) >= 11 is 0.957. The summed E-state index contributed by atoms with van der Waals surface area (Å²) in [4.78, 5) is 0. The molecule has 16 atom stereocenters. The molecule has 472 valence electrons. The molecule has 18 rings (SSSR count). The summed E-state index contributed by atoms with van der Waals surface area (Å²) in [6.07, 6.45) is 51.1. The Balaban J connectivity index is 0.000000135. The minimum absolute atomic E-state index is 0.420. The van der Waals surface area contributed by atoms with Crippen LogP contribution in [0.15, 0.2) is 0 Å². The topological polar surface area (TPSA) is 192 Å². The van der Waals surface area contributed by atoms with Crippen molar-refractivity contribution in [2.75, 3.05) is 0 Å². The summed E-state index contributed by atoms with van der Waals surface area (Å²) in [6.45, 7) is 0. The molecule has 10 saturated heterocycles. The van der Waals surface area contributed by atoms with Gasteiger partial charge < -0.3 is 0 Å². The van der Waals surface area contributed by atoms with Gasteiger partial charge in [0.2, 0.25) is 0 Å². The fourth-order valence-electron chi connectivity index (χ4n) is 23.9. The summed E-state index contributed by atoms with van der Waals surface area (Å²) in [5.74, 6) is 11.9. The molecule has 10 heterocycles. The average molecular weight is 1370 g/mol. The number of hydrogen-bond acceptors (Lipinski definition) is 16. The van der Waals surface area contributed by atoms with Crippen LogP contribution in [0.25, 0.3) is 0 Å². The molecular formula is C64H116Cl2GaInN16. The molecule has 0 aromatic carbocycles. The monoisotopic (exact) mass is 1360 g/mol. The second-order valence-electron chi connectivity index (χ2n) is 31.2. The third kappa shape index (κ3) is 12.0. The first-order chi connectivity index (χ1) is 41.6. The molecule has 16 unspecified atom stereocenters. The van der Waals surface area contributed by atoms with Gasteiger partial charge in [-0.15, -0.1) is 0 Å². The van der Waals surface area contributed by atoms with Gasteiger partial charge in [0, 0.05) is 0 Å². The fraction of sp³-hybridized carbons (Fsp3) is 1.00. The van der Waals surface area contributed by atoms with E-state index in [9.17, 15) is 0 Å². The zero-order valence-electron chi connectivity index (χ0n) is 51.9. The van der Waals surface area contributed by atoms with Crippen LogP contribution in [0.2, 0.25) is 0 Å². The van der Waals surface area contributed by atoms with Gasteiger partial charge >= 0.3 is 59.0 Å².